The zero-order valence-corrected chi connectivity index (χ0v) is 51.6. The van der Waals surface area contributed by atoms with E-state index in [1.165, 1.54) is 128 Å². The number of para-hydroxylation sites is 2. The van der Waals surface area contributed by atoms with Gasteiger partial charge in [-0.05, 0) is 152 Å². The summed E-state index contributed by atoms with van der Waals surface area (Å²) < 4.78 is 0. The third-order valence-corrected chi connectivity index (χ3v) is 17.9. The second kappa shape index (κ2) is 21.0. The molecule has 0 saturated carbocycles. The molecule has 13 rings (SSSR count). The van der Waals surface area contributed by atoms with Gasteiger partial charge in [0.15, 0.2) is 0 Å². The average molecular weight is 1100 g/mol. The molecule has 2 aliphatic heterocycles. The van der Waals surface area contributed by atoms with E-state index in [-0.39, 0.29) is 28.4 Å². The van der Waals surface area contributed by atoms with E-state index in [9.17, 15) is 0 Å². The molecule has 0 amide bonds. The van der Waals surface area contributed by atoms with Gasteiger partial charge < -0.3 is 9.80 Å². The maximum absolute atomic E-state index is 2.61. The summed E-state index contributed by atoms with van der Waals surface area (Å²) in [5, 5.41) is 0. The van der Waals surface area contributed by atoms with Crippen LogP contribution in [0.1, 0.15) is 105 Å². The lowest BCUT2D eigenvalue weighted by molar-refractivity contribution is 0.590. The highest BCUT2D eigenvalue weighted by atomic mass is 15.2. The van der Waals surface area contributed by atoms with Crippen molar-refractivity contribution in [1.82, 2.24) is 0 Å². The van der Waals surface area contributed by atoms with Gasteiger partial charge in [0, 0.05) is 33.9 Å². The number of rotatable bonds is 8. The van der Waals surface area contributed by atoms with Gasteiger partial charge in [-0.3, -0.25) is 0 Å². The Morgan fingerprint density at radius 3 is 0.882 bits per heavy atom. The summed E-state index contributed by atoms with van der Waals surface area (Å²) >= 11 is 0. The monoisotopic (exact) mass is 1100 g/mol. The molecule has 418 valence electrons. The molecule has 0 radical (unpaired) electrons. The number of anilines is 6. The van der Waals surface area contributed by atoms with Gasteiger partial charge in [0.2, 0.25) is 0 Å². The van der Waals surface area contributed by atoms with E-state index in [2.05, 4.69) is 342 Å². The van der Waals surface area contributed by atoms with Gasteiger partial charge >= 0.3 is 0 Å². The van der Waals surface area contributed by atoms with Crippen LogP contribution in [0.25, 0.3) is 66.8 Å². The lowest BCUT2D eigenvalue weighted by Gasteiger charge is -2.45. The molecule has 0 atom stereocenters. The minimum absolute atomic E-state index is 0.0562. The Kier molecular flexibility index (Phi) is 13.7. The third kappa shape index (κ3) is 9.92. The van der Waals surface area contributed by atoms with Crippen LogP contribution in [0.5, 0.6) is 0 Å². The second-order valence-electron chi connectivity index (χ2n) is 27.7. The van der Waals surface area contributed by atoms with Gasteiger partial charge in [0.05, 0.1) is 11.4 Å². The quantitative estimate of drug-likeness (QED) is 0.140. The van der Waals surface area contributed by atoms with E-state index >= 15 is 0 Å². The summed E-state index contributed by atoms with van der Waals surface area (Å²) in [6.45, 7) is 27.6. The molecular formula is C82H77BN2. The summed E-state index contributed by atoms with van der Waals surface area (Å²) in [5.74, 6) is 0. The number of hydrogen-bond donors (Lipinski definition) is 0. The summed E-state index contributed by atoms with van der Waals surface area (Å²) in [6.07, 6.45) is 0. The predicted molar refractivity (Wildman–Crippen MR) is 368 cm³/mol. The molecule has 2 heterocycles. The number of fused-ring (bicyclic) bond motifs is 4. The van der Waals surface area contributed by atoms with Crippen LogP contribution < -0.4 is 26.2 Å². The van der Waals surface area contributed by atoms with E-state index in [0.29, 0.717) is 0 Å². The van der Waals surface area contributed by atoms with E-state index in [4.69, 9.17) is 0 Å². The molecular weight excluding hydrogens is 1020 g/mol. The molecule has 11 aromatic rings. The molecule has 0 aromatic heterocycles. The molecule has 11 aromatic carbocycles. The molecule has 85 heavy (non-hydrogen) atoms. The predicted octanol–water partition coefficient (Wildman–Crippen LogP) is 21.0. The van der Waals surface area contributed by atoms with Crippen molar-refractivity contribution in [3.8, 4) is 66.8 Å². The summed E-state index contributed by atoms with van der Waals surface area (Å²) in [4.78, 5) is 5.23. The molecule has 2 nitrogen and oxygen atoms in total. The van der Waals surface area contributed by atoms with Crippen molar-refractivity contribution in [2.24, 2.45) is 0 Å². The average Bonchev–Trinajstić information content (AvgIpc) is 1.17. The van der Waals surface area contributed by atoms with Gasteiger partial charge in [0.1, 0.15) is 0 Å². The molecule has 0 fully saturated rings. The Balaban J connectivity index is 1.09. The SMILES string of the molecule is CC(C)(C)c1ccc(-c2ccccc2-c2ccc3c(c2)N(c2ccccc2-c2ccccc2C(C)(C)C)c2cccc4c2B3c2ccc(-c3ccccc3-c3ccc(C(C)(C)C)cc3)cc2N4c2ccccc2-c2ccccc2C(C)(C)C)cc1. The second-order valence-corrected chi connectivity index (χ2v) is 27.7. The van der Waals surface area contributed by atoms with Gasteiger partial charge in [0.25, 0.3) is 6.71 Å². The zero-order chi connectivity index (χ0) is 59.2. The van der Waals surface area contributed by atoms with Crippen molar-refractivity contribution in [2.45, 2.75) is 105 Å². The standard InChI is InChI=1S/C82H77BN2/c1-79(2,3)58-46-40-54(41-47-58)60-26-13-15-28-62(60)56-44-50-70-76(52-56)84(72-36-23-19-32-66(72)64-30-17-21-34-68(64)81(7,8)9)74-38-25-39-75-78(74)83(70)71-51-45-57(63-29-16-14-27-61(63)55-42-48-59(49-43-55)80(4,5)6)53-77(71)85(75)73-37-24-20-33-67(73)65-31-18-22-35-69(65)82(10,11)12/h13-53H,1-12H3. The Morgan fingerprint density at radius 2 is 0.529 bits per heavy atom. The highest BCUT2D eigenvalue weighted by Gasteiger charge is 2.44. The first kappa shape index (κ1) is 55.3. The number of nitrogens with zero attached hydrogens (tertiary/aromatic N) is 2. The fraction of sp³-hybridized carbons (Fsp3) is 0.195. The van der Waals surface area contributed by atoms with Gasteiger partial charge in [-0.15, -0.1) is 0 Å². The lowest BCUT2D eigenvalue weighted by Crippen LogP contribution is -2.61. The Morgan fingerprint density at radius 1 is 0.235 bits per heavy atom. The van der Waals surface area contributed by atoms with Crippen LogP contribution in [0, 0.1) is 0 Å². The maximum atomic E-state index is 2.61. The van der Waals surface area contributed by atoms with Gasteiger partial charge in [-0.1, -0.05) is 295 Å². The first-order valence-corrected chi connectivity index (χ1v) is 30.5. The van der Waals surface area contributed by atoms with Crippen molar-refractivity contribution in [3.63, 3.8) is 0 Å². The van der Waals surface area contributed by atoms with Gasteiger partial charge in [-0.2, -0.15) is 0 Å². The van der Waals surface area contributed by atoms with Crippen LogP contribution in [0.3, 0.4) is 0 Å². The lowest BCUT2D eigenvalue weighted by atomic mass is 9.33. The van der Waals surface area contributed by atoms with Crippen molar-refractivity contribution in [1.29, 1.82) is 0 Å². The normalized spacial score (nSPS) is 13.1. The van der Waals surface area contributed by atoms with Crippen molar-refractivity contribution in [3.05, 3.63) is 271 Å². The fourth-order valence-electron chi connectivity index (χ4n) is 13.6. The molecule has 2 aliphatic rings. The van der Waals surface area contributed by atoms with E-state index in [1.807, 2.05) is 0 Å². The molecule has 0 aliphatic carbocycles. The summed E-state index contributed by atoms with van der Waals surface area (Å²) in [7, 11) is 0. The molecule has 0 saturated heterocycles. The van der Waals surface area contributed by atoms with E-state index in [0.717, 1.165) is 11.4 Å². The third-order valence-electron chi connectivity index (χ3n) is 17.9. The molecule has 0 spiro atoms. The van der Waals surface area contributed by atoms with Crippen LogP contribution in [0.2, 0.25) is 0 Å². The van der Waals surface area contributed by atoms with Crippen molar-refractivity contribution >= 4 is 57.2 Å². The molecule has 0 bridgehead atoms. The van der Waals surface area contributed by atoms with Crippen molar-refractivity contribution < 1.29 is 0 Å². The van der Waals surface area contributed by atoms with Gasteiger partial charge in [-0.25, -0.2) is 0 Å². The Hall–Kier alpha value is -8.92. The van der Waals surface area contributed by atoms with Crippen LogP contribution in [0.15, 0.2) is 249 Å². The van der Waals surface area contributed by atoms with Crippen LogP contribution in [0.4, 0.5) is 34.1 Å². The Bertz CT molecular complexity index is 4070. The highest BCUT2D eigenvalue weighted by molar-refractivity contribution is 7.00. The Labute approximate surface area is 506 Å². The van der Waals surface area contributed by atoms with Crippen LogP contribution in [-0.4, -0.2) is 6.71 Å². The van der Waals surface area contributed by atoms with E-state index in [1.54, 1.807) is 0 Å². The smallest absolute Gasteiger partial charge is 0.252 e. The first-order chi connectivity index (χ1) is 40.7. The largest absolute Gasteiger partial charge is 0.311 e. The molecule has 0 unspecified atom stereocenters. The number of benzene rings is 11. The number of hydrogen-bond acceptors (Lipinski definition) is 2. The fourth-order valence-corrected chi connectivity index (χ4v) is 13.6. The summed E-state index contributed by atoms with van der Waals surface area (Å²) in [6, 6.07) is 94.6. The highest BCUT2D eigenvalue weighted by Crippen LogP contribution is 2.51. The minimum Gasteiger partial charge on any atom is -0.311 e. The summed E-state index contributed by atoms with van der Waals surface area (Å²) in [5.41, 5.74) is 30.6. The van der Waals surface area contributed by atoms with Crippen LogP contribution >= 0.6 is 0 Å². The molecule has 3 heteroatoms. The van der Waals surface area contributed by atoms with E-state index < -0.39 is 0 Å². The van der Waals surface area contributed by atoms with Crippen molar-refractivity contribution in [2.75, 3.05) is 9.80 Å². The van der Waals surface area contributed by atoms with Crippen LogP contribution in [-0.2, 0) is 21.7 Å². The topological polar surface area (TPSA) is 6.48 Å². The molecule has 0 N–H and O–H groups in total. The minimum atomic E-state index is -0.102. The first-order valence-electron chi connectivity index (χ1n) is 30.5. The maximum Gasteiger partial charge on any atom is 0.252 e. The zero-order valence-electron chi connectivity index (χ0n) is 51.6.